The summed E-state index contributed by atoms with van der Waals surface area (Å²) in [5, 5.41) is 7.08. The van der Waals surface area contributed by atoms with Gasteiger partial charge in [0.05, 0.1) is 11.1 Å². The zero-order valence-electron chi connectivity index (χ0n) is 11.3. The van der Waals surface area contributed by atoms with E-state index in [4.69, 9.17) is 11.6 Å². The van der Waals surface area contributed by atoms with Crippen molar-refractivity contribution >= 4 is 27.4 Å². The second kappa shape index (κ2) is 5.82. The Labute approximate surface area is 133 Å². The summed E-state index contributed by atoms with van der Waals surface area (Å²) >= 11 is 6.16. The molecule has 0 amide bonds. The van der Waals surface area contributed by atoms with Crippen LogP contribution in [0.3, 0.4) is 0 Å². The molecule has 0 saturated carbocycles. The Balaban J connectivity index is 1.99. The van der Waals surface area contributed by atoms with Gasteiger partial charge in [0.15, 0.2) is 0 Å². The fourth-order valence-corrected chi connectivity index (χ4v) is 3.34. The molecule has 0 saturated heterocycles. The molecule has 7 heteroatoms. The van der Waals surface area contributed by atoms with Crippen LogP contribution in [0.25, 0.3) is 11.1 Å². The van der Waals surface area contributed by atoms with Crippen molar-refractivity contribution in [2.24, 2.45) is 0 Å². The number of halogens is 1. The van der Waals surface area contributed by atoms with Gasteiger partial charge in [-0.1, -0.05) is 48.0 Å². The van der Waals surface area contributed by atoms with E-state index in [1.807, 2.05) is 6.07 Å². The highest BCUT2D eigenvalue weighted by molar-refractivity contribution is 7.92. The standard InChI is InChI=1S/C15H12ClN3O2S/c16-14-9-5-4-8-12(14)13-10-17-18-15(13)19-22(20,21)11-6-2-1-3-7-11/h1-10H,(H2,17,18,19). The lowest BCUT2D eigenvalue weighted by molar-refractivity contribution is 0.601. The first kappa shape index (κ1) is 14.6. The Morgan fingerprint density at radius 2 is 1.64 bits per heavy atom. The molecule has 0 aliphatic carbocycles. The largest absolute Gasteiger partial charge is 0.263 e. The third-order valence-corrected chi connectivity index (χ3v) is 4.79. The highest BCUT2D eigenvalue weighted by Crippen LogP contribution is 2.32. The zero-order valence-corrected chi connectivity index (χ0v) is 12.9. The Hall–Kier alpha value is -2.31. The average Bonchev–Trinajstić information content (AvgIpc) is 2.96. The van der Waals surface area contributed by atoms with Crippen molar-refractivity contribution in [1.29, 1.82) is 0 Å². The number of nitrogens with one attached hydrogen (secondary N) is 2. The summed E-state index contributed by atoms with van der Waals surface area (Å²) < 4.78 is 27.3. The maximum absolute atomic E-state index is 12.4. The summed E-state index contributed by atoms with van der Waals surface area (Å²) in [6.45, 7) is 0. The smallest absolute Gasteiger partial charge is 0.263 e. The molecule has 5 nitrogen and oxygen atoms in total. The van der Waals surface area contributed by atoms with Gasteiger partial charge in [-0.15, -0.1) is 0 Å². The summed E-state index contributed by atoms with van der Waals surface area (Å²) in [6.07, 6.45) is 1.53. The fourth-order valence-electron chi connectivity index (χ4n) is 2.04. The van der Waals surface area contributed by atoms with E-state index in [0.717, 1.165) is 0 Å². The minimum Gasteiger partial charge on any atom is -0.263 e. The van der Waals surface area contributed by atoms with E-state index in [-0.39, 0.29) is 10.7 Å². The number of sulfonamides is 1. The van der Waals surface area contributed by atoms with Gasteiger partial charge in [0, 0.05) is 16.1 Å². The topological polar surface area (TPSA) is 74.8 Å². The van der Waals surface area contributed by atoms with E-state index < -0.39 is 10.0 Å². The van der Waals surface area contributed by atoms with E-state index >= 15 is 0 Å². The third kappa shape index (κ3) is 2.84. The molecule has 3 rings (SSSR count). The van der Waals surface area contributed by atoms with Crippen molar-refractivity contribution in [3.05, 3.63) is 65.8 Å². The van der Waals surface area contributed by atoms with Gasteiger partial charge in [-0.05, 0) is 18.2 Å². The van der Waals surface area contributed by atoms with Crippen molar-refractivity contribution in [3.8, 4) is 11.1 Å². The molecule has 0 bridgehead atoms. The first-order valence-electron chi connectivity index (χ1n) is 6.44. The van der Waals surface area contributed by atoms with E-state index in [9.17, 15) is 8.42 Å². The van der Waals surface area contributed by atoms with Crippen LogP contribution >= 0.6 is 11.6 Å². The first-order chi connectivity index (χ1) is 10.6. The van der Waals surface area contributed by atoms with Crippen molar-refractivity contribution in [2.45, 2.75) is 4.90 Å². The van der Waals surface area contributed by atoms with Crippen LogP contribution in [-0.2, 0) is 10.0 Å². The zero-order chi connectivity index (χ0) is 15.6. The van der Waals surface area contributed by atoms with Gasteiger partial charge in [-0.3, -0.25) is 9.82 Å². The van der Waals surface area contributed by atoms with Crippen LogP contribution in [0.15, 0.2) is 65.7 Å². The van der Waals surface area contributed by atoms with Crippen molar-refractivity contribution in [3.63, 3.8) is 0 Å². The molecule has 112 valence electrons. The molecule has 2 aromatic carbocycles. The number of benzene rings is 2. The van der Waals surface area contributed by atoms with Crippen LogP contribution in [0, 0.1) is 0 Å². The molecule has 2 N–H and O–H groups in total. The van der Waals surface area contributed by atoms with Gasteiger partial charge >= 0.3 is 0 Å². The van der Waals surface area contributed by atoms with E-state index in [2.05, 4.69) is 14.9 Å². The van der Waals surface area contributed by atoms with E-state index in [1.165, 1.54) is 18.3 Å². The number of H-pyrrole nitrogens is 1. The molecular weight excluding hydrogens is 322 g/mol. The molecule has 1 heterocycles. The Kier molecular flexibility index (Phi) is 3.87. The highest BCUT2D eigenvalue weighted by Gasteiger charge is 2.18. The van der Waals surface area contributed by atoms with Crippen LogP contribution in [-0.4, -0.2) is 18.6 Å². The van der Waals surface area contributed by atoms with Crippen LogP contribution in [0.4, 0.5) is 5.82 Å². The van der Waals surface area contributed by atoms with Crippen molar-refractivity contribution < 1.29 is 8.42 Å². The summed E-state index contributed by atoms with van der Waals surface area (Å²) in [5.41, 5.74) is 1.29. The van der Waals surface area contributed by atoms with Gasteiger partial charge in [0.25, 0.3) is 10.0 Å². The molecular formula is C15H12ClN3O2S. The number of rotatable bonds is 4. The second-order valence-corrected chi connectivity index (χ2v) is 6.65. The normalized spacial score (nSPS) is 11.3. The molecule has 0 aliphatic heterocycles. The predicted octanol–water partition coefficient (Wildman–Crippen LogP) is 3.53. The summed E-state index contributed by atoms with van der Waals surface area (Å²) in [6, 6.07) is 15.3. The number of anilines is 1. The Bertz CT molecular complexity index is 892. The monoisotopic (exact) mass is 333 g/mol. The van der Waals surface area contributed by atoms with E-state index in [0.29, 0.717) is 16.1 Å². The van der Waals surface area contributed by atoms with Gasteiger partial charge in [0.1, 0.15) is 5.82 Å². The van der Waals surface area contributed by atoms with Gasteiger partial charge < -0.3 is 0 Å². The summed E-state index contributed by atoms with van der Waals surface area (Å²) in [7, 11) is -3.69. The van der Waals surface area contributed by atoms with Gasteiger partial charge in [0.2, 0.25) is 0 Å². The van der Waals surface area contributed by atoms with Crippen LogP contribution < -0.4 is 4.72 Å². The lowest BCUT2D eigenvalue weighted by atomic mass is 10.1. The number of aromatic amines is 1. The van der Waals surface area contributed by atoms with Crippen LogP contribution in [0.2, 0.25) is 5.02 Å². The molecule has 0 unspecified atom stereocenters. The minimum absolute atomic E-state index is 0.176. The van der Waals surface area contributed by atoms with Crippen LogP contribution in [0.5, 0.6) is 0 Å². The molecule has 22 heavy (non-hydrogen) atoms. The quantitative estimate of drug-likeness (QED) is 0.767. The maximum atomic E-state index is 12.4. The number of hydrogen-bond acceptors (Lipinski definition) is 3. The average molecular weight is 334 g/mol. The van der Waals surface area contributed by atoms with Crippen molar-refractivity contribution in [1.82, 2.24) is 10.2 Å². The molecule has 3 aromatic rings. The van der Waals surface area contributed by atoms with Gasteiger partial charge in [-0.2, -0.15) is 5.10 Å². The Morgan fingerprint density at radius 3 is 2.36 bits per heavy atom. The highest BCUT2D eigenvalue weighted by atomic mass is 35.5. The lowest BCUT2D eigenvalue weighted by Crippen LogP contribution is -2.13. The summed E-state index contributed by atoms with van der Waals surface area (Å²) in [5.74, 6) is 0.275. The molecule has 0 fully saturated rings. The Morgan fingerprint density at radius 1 is 0.955 bits per heavy atom. The number of hydrogen-bond donors (Lipinski definition) is 2. The number of aromatic nitrogens is 2. The maximum Gasteiger partial charge on any atom is 0.263 e. The minimum atomic E-state index is -3.69. The van der Waals surface area contributed by atoms with Gasteiger partial charge in [-0.25, -0.2) is 8.42 Å². The van der Waals surface area contributed by atoms with Crippen molar-refractivity contribution in [2.75, 3.05) is 4.72 Å². The third-order valence-electron chi connectivity index (χ3n) is 3.09. The molecule has 0 aliphatic rings. The van der Waals surface area contributed by atoms with Crippen LogP contribution in [0.1, 0.15) is 0 Å². The lowest BCUT2D eigenvalue weighted by Gasteiger charge is -2.09. The number of nitrogens with zero attached hydrogens (tertiary/aromatic N) is 1. The molecule has 0 atom stereocenters. The molecule has 0 radical (unpaired) electrons. The first-order valence-corrected chi connectivity index (χ1v) is 8.30. The second-order valence-electron chi connectivity index (χ2n) is 4.56. The fraction of sp³-hybridized carbons (Fsp3) is 0. The van der Waals surface area contributed by atoms with E-state index in [1.54, 1.807) is 36.4 Å². The predicted molar refractivity (Wildman–Crippen MR) is 86.3 cm³/mol. The molecule has 1 aromatic heterocycles. The molecule has 0 spiro atoms. The summed E-state index contributed by atoms with van der Waals surface area (Å²) in [4.78, 5) is 0.176. The SMILES string of the molecule is O=S(=O)(Nc1[nH]ncc1-c1ccccc1Cl)c1ccccc1.